The molecule has 96 valence electrons. The summed E-state index contributed by atoms with van der Waals surface area (Å²) < 4.78 is 0. The molecule has 0 radical (unpaired) electrons. The molecule has 0 aromatic carbocycles. The van der Waals surface area contributed by atoms with Crippen molar-refractivity contribution in [1.29, 1.82) is 0 Å². The number of hydrogen-bond acceptors (Lipinski definition) is 2. The van der Waals surface area contributed by atoms with Gasteiger partial charge in [-0.1, -0.05) is 0 Å². The fourth-order valence-electron chi connectivity index (χ4n) is 2.64. The molecule has 0 saturated carbocycles. The van der Waals surface area contributed by atoms with E-state index in [1.165, 1.54) is 32.2 Å². The monoisotopic (exact) mass is 226 g/mol. The second-order valence-corrected chi connectivity index (χ2v) is 6.40. The fraction of sp³-hybridized carbons (Fsp3) is 1.00. The Morgan fingerprint density at radius 3 is 2.56 bits per heavy atom. The van der Waals surface area contributed by atoms with Crippen molar-refractivity contribution >= 4 is 0 Å². The molecule has 1 aliphatic heterocycles. The van der Waals surface area contributed by atoms with E-state index in [1.807, 2.05) is 0 Å². The van der Waals surface area contributed by atoms with Crippen molar-refractivity contribution < 1.29 is 0 Å². The van der Waals surface area contributed by atoms with E-state index in [0.29, 0.717) is 0 Å². The molecule has 2 atom stereocenters. The van der Waals surface area contributed by atoms with Crippen LogP contribution in [-0.4, -0.2) is 35.6 Å². The van der Waals surface area contributed by atoms with E-state index < -0.39 is 0 Å². The van der Waals surface area contributed by atoms with Gasteiger partial charge in [0.05, 0.1) is 0 Å². The summed E-state index contributed by atoms with van der Waals surface area (Å²) in [7, 11) is 0. The summed E-state index contributed by atoms with van der Waals surface area (Å²) >= 11 is 0. The second kappa shape index (κ2) is 6.02. The third-order valence-electron chi connectivity index (χ3n) is 3.62. The Balaban J connectivity index is 2.13. The van der Waals surface area contributed by atoms with Gasteiger partial charge in [0.2, 0.25) is 0 Å². The van der Waals surface area contributed by atoms with Gasteiger partial charge in [-0.3, -0.25) is 4.90 Å². The van der Waals surface area contributed by atoms with E-state index in [0.717, 1.165) is 18.6 Å². The zero-order valence-corrected chi connectivity index (χ0v) is 11.8. The van der Waals surface area contributed by atoms with Crippen LogP contribution >= 0.6 is 0 Å². The number of hydrogen-bond donors (Lipinski definition) is 1. The van der Waals surface area contributed by atoms with Crippen molar-refractivity contribution in [1.82, 2.24) is 10.2 Å². The molecule has 1 heterocycles. The second-order valence-electron chi connectivity index (χ2n) is 6.40. The molecule has 0 spiro atoms. The third kappa shape index (κ3) is 4.84. The molecule has 0 amide bonds. The molecule has 1 aliphatic rings. The average Bonchev–Trinajstić information content (AvgIpc) is 2.57. The smallest absolute Gasteiger partial charge is 0.00965 e. The van der Waals surface area contributed by atoms with E-state index in [1.54, 1.807) is 0 Å². The van der Waals surface area contributed by atoms with Crippen LogP contribution in [-0.2, 0) is 0 Å². The van der Waals surface area contributed by atoms with Crippen LogP contribution in [0.1, 0.15) is 60.3 Å². The van der Waals surface area contributed by atoms with Crippen molar-refractivity contribution in [2.75, 3.05) is 13.1 Å². The van der Waals surface area contributed by atoms with E-state index in [9.17, 15) is 0 Å². The van der Waals surface area contributed by atoms with Gasteiger partial charge in [0.25, 0.3) is 0 Å². The van der Waals surface area contributed by atoms with Gasteiger partial charge in [-0.2, -0.15) is 0 Å². The van der Waals surface area contributed by atoms with Crippen LogP contribution in [0.4, 0.5) is 0 Å². The van der Waals surface area contributed by atoms with E-state index in [4.69, 9.17) is 0 Å². The van der Waals surface area contributed by atoms with Gasteiger partial charge >= 0.3 is 0 Å². The summed E-state index contributed by atoms with van der Waals surface area (Å²) in [5.74, 6) is 0. The van der Waals surface area contributed by atoms with Crippen LogP contribution < -0.4 is 5.32 Å². The van der Waals surface area contributed by atoms with E-state index in [-0.39, 0.29) is 5.54 Å². The maximum atomic E-state index is 3.56. The zero-order valence-electron chi connectivity index (χ0n) is 11.8. The van der Waals surface area contributed by atoms with Crippen molar-refractivity contribution in [3.63, 3.8) is 0 Å². The van der Waals surface area contributed by atoms with Gasteiger partial charge in [0.15, 0.2) is 0 Å². The molecule has 1 fully saturated rings. The first kappa shape index (κ1) is 14.0. The SMILES string of the molecule is CC(CCCNC(C)(C)C)N1CCCC1C. The highest BCUT2D eigenvalue weighted by Crippen LogP contribution is 2.21. The summed E-state index contributed by atoms with van der Waals surface area (Å²) in [5.41, 5.74) is 0.268. The maximum Gasteiger partial charge on any atom is 0.00965 e. The first-order chi connectivity index (χ1) is 7.40. The Bertz CT molecular complexity index is 195. The van der Waals surface area contributed by atoms with Gasteiger partial charge in [0, 0.05) is 17.6 Å². The highest BCUT2D eigenvalue weighted by Gasteiger charge is 2.24. The summed E-state index contributed by atoms with van der Waals surface area (Å²) in [6, 6.07) is 1.57. The average molecular weight is 226 g/mol. The van der Waals surface area contributed by atoms with Crippen LogP contribution in [0.25, 0.3) is 0 Å². The highest BCUT2D eigenvalue weighted by atomic mass is 15.2. The normalized spacial score (nSPS) is 24.9. The zero-order chi connectivity index (χ0) is 12.2. The lowest BCUT2D eigenvalue weighted by molar-refractivity contribution is 0.190. The molecule has 1 rings (SSSR count). The Morgan fingerprint density at radius 1 is 1.38 bits per heavy atom. The molecule has 0 aliphatic carbocycles. The van der Waals surface area contributed by atoms with Gasteiger partial charge in [-0.05, 0) is 73.4 Å². The van der Waals surface area contributed by atoms with E-state index >= 15 is 0 Å². The van der Waals surface area contributed by atoms with Crippen LogP contribution in [0.15, 0.2) is 0 Å². The molecule has 16 heavy (non-hydrogen) atoms. The minimum atomic E-state index is 0.268. The lowest BCUT2D eigenvalue weighted by Gasteiger charge is -2.29. The Kier molecular flexibility index (Phi) is 5.26. The van der Waals surface area contributed by atoms with E-state index in [2.05, 4.69) is 44.8 Å². The lowest BCUT2D eigenvalue weighted by Crippen LogP contribution is -2.38. The van der Waals surface area contributed by atoms with Crippen LogP contribution in [0.5, 0.6) is 0 Å². The lowest BCUT2D eigenvalue weighted by atomic mass is 10.1. The maximum absolute atomic E-state index is 3.56. The standard InChI is InChI=1S/C14H30N2/c1-12(16-11-7-9-13(16)2)8-6-10-15-14(3,4)5/h12-13,15H,6-11H2,1-5H3. The van der Waals surface area contributed by atoms with Crippen LogP contribution in [0, 0.1) is 0 Å². The number of nitrogens with zero attached hydrogens (tertiary/aromatic N) is 1. The minimum Gasteiger partial charge on any atom is -0.312 e. The summed E-state index contributed by atoms with van der Waals surface area (Å²) in [5, 5.41) is 3.56. The third-order valence-corrected chi connectivity index (χ3v) is 3.62. The summed E-state index contributed by atoms with van der Waals surface area (Å²) in [6.07, 6.45) is 5.41. The Morgan fingerprint density at radius 2 is 2.06 bits per heavy atom. The van der Waals surface area contributed by atoms with Crippen molar-refractivity contribution in [2.24, 2.45) is 0 Å². The van der Waals surface area contributed by atoms with Gasteiger partial charge < -0.3 is 5.32 Å². The first-order valence-electron chi connectivity index (χ1n) is 6.91. The number of nitrogens with one attached hydrogen (secondary N) is 1. The quantitative estimate of drug-likeness (QED) is 0.725. The Labute approximate surface area is 102 Å². The molecule has 0 aromatic rings. The molecule has 2 nitrogen and oxygen atoms in total. The summed E-state index contributed by atoms with van der Waals surface area (Å²) in [4.78, 5) is 2.68. The van der Waals surface area contributed by atoms with Gasteiger partial charge in [0.1, 0.15) is 0 Å². The molecule has 2 unspecified atom stereocenters. The molecular formula is C14H30N2. The largest absolute Gasteiger partial charge is 0.312 e. The molecule has 0 aromatic heterocycles. The number of rotatable bonds is 5. The van der Waals surface area contributed by atoms with Crippen molar-refractivity contribution in [3.05, 3.63) is 0 Å². The molecular weight excluding hydrogens is 196 g/mol. The predicted octanol–water partition coefficient (Wildman–Crippen LogP) is 3.03. The van der Waals surface area contributed by atoms with Crippen LogP contribution in [0.3, 0.4) is 0 Å². The van der Waals surface area contributed by atoms with Gasteiger partial charge in [-0.25, -0.2) is 0 Å². The molecule has 1 saturated heterocycles. The number of likely N-dealkylation sites (tertiary alicyclic amines) is 1. The topological polar surface area (TPSA) is 15.3 Å². The first-order valence-corrected chi connectivity index (χ1v) is 6.91. The van der Waals surface area contributed by atoms with Gasteiger partial charge in [-0.15, -0.1) is 0 Å². The van der Waals surface area contributed by atoms with Crippen molar-refractivity contribution in [3.8, 4) is 0 Å². The molecule has 0 bridgehead atoms. The molecule has 1 N–H and O–H groups in total. The van der Waals surface area contributed by atoms with Crippen molar-refractivity contribution in [2.45, 2.75) is 77.9 Å². The highest BCUT2D eigenvalue weighted by molar-refractivity contribution is 4.80. The summed E-state index contributed by atoms with van der Waals surface area (Å²) in [6.45, 7) is 13.9. The minimum absolute atomic E-state index is 0.268. The molecule has 2 heteroatoms. The Hall–Kier alpha value is -0.0800. The fourth-order valence-corrected chi connectivity index (χ4v) is 2.64. The predicted molar refractivity (Wildman–Crippen MR) is 71.9 cm³/mol. The van der Waals surface area contributed by atoms with Crippen LogP contribution in [0.2, 0.25) is 0 Å².